The first-order chi connectivity index (χ1) is 14.1. The number of hydrogen-bond acceptors (Lipinski definition) is 0. The van der Waals surface area contributed by atoms with Crippen LogP contribution in [0.3, 0.4) is 0 Å². The van der Waals surface area contributed by atoms with Gasteiger partial charge in [-0.2, -0.15) is 4.57 Å². The minimum Gasteiger partial charge on any atom is -0.198 e. The molecule has 4 rings (SSSR count). The van der Waals surface area contributed by atoms with E-state index < -0.39 is 8.07 Å². The molecule has 3 aromatic rings. The summed E-state index contributed by atoms with van der Waals surface area (Å²) in [5.74, 6) is 0.602. The van der Waals surface area contributed by atoms with Crippen molar-refractivity contribution >= 4 is 18.8 Å². The summed E-state index contributed by atoms with van der Waals surface area (Å²) in [5, 5.41) is 2.02. The Balaban J connectivity index is 1.91. The van der Waals surface area contributed by atoms with Gasteiger partial charge in [-0.3, -0.25) is 0 Å². The molecule has 0 unspecified atom stereocenters. The molecule has 27 heavy (non-hydrogen) atoms. The van der Waals surface area contributed by atoms with Crippen molar-refractivity contribution in [1.29, 1.82) is 0 Å². The van der Waals surface area contributed by atoms with Gasteiger partial charge in [0, 0.05) is 26.6 Å². The molecule has 0 bridgehead atoms. The summed E-state index contributed by atoms with van der Waals surface area (Å²) in [7, 11) is 0.997. The van der Waals surface area contributed by atoms with Gasteiger partial charge in [0.1, 0.15) is 7.05 Å². The van der Waals surface area contributed by atoms with E-state index in [1.165, 1.54) is 30.5 Å². The average molecular weight is 378 g/mol. The second-order valence-corrected chi connectivity index (χ2v) is 14.3. The molecule has 0 spiro atoms. The van der Waals surface area contributed by atoms with Gasteiger partial charge in [0.2, 0.25) is 5.69 Å². The Labute approximate surface area is 169 Å². The van der Waals surface area contributed by atoms with Crippen molar-refractivity contribution in [2.24, 2.45) is 7.05 Å². The largest absolute Gasteiger partial charge is 0.220 e. The molecule has 0 atom stereocenters. The summed E-state index contributed by atoms with van der Waals surface area (Å²) in [6.45, 7) is 8.96. The van der Waals surface area contributed by atoms with Crippen molar-refractivity contribution in [2.45, 2.75) is 57.8 Å². The summed E-state index contributed by atoms with van der Waals surface area (Å²) in [5.41, 5.74) is 5.08. The quantitative estimate of drug-likeness (QED) is 0.353. The molecule has 0 radical (unpaired) electrons. The smallest absolute Gasteiger partial charge is 0.198 e. The highest BCUT2D eigenvalue weighted by Crippen LogP contribution is 2.39. The van der Waals surface area contributed by atoms with Gasteiger partial charge in [-0.15, -0.1) is 0 Å². The van der Waals surface area contributed by atoms with Crippen LogP contribution in [0.25, 0.3) is 22.0 Å². The Morgan fingerprint density at radius 1 is 1.11 bits per heavy atom. The predicted octanol–water partition coefficient (Wildman–Crippen LogP) is 6.53. The summed E-state index contributed by atoms with van der Waals surface area (Å²) in [4.78, 5) is 0. The molecule has 1 fully saturated rings. The third-order valence-corrected chi connectivity index (χ3v) is 9.81. The lowest BCUT2D eigenvalue weighted by molar-refractivity contribution is -0.665. The van der Waals surface area contributed by atoms with Gasteiger partial charge in [0.05, 0.1) is 9.50 Å². The lowest BCUT2D eigenvalue weighted by atomic mass is 9.90. The van der Waals surface area contributed by atoms with Crippen LogP contribution in [-0.2, 0) is 7.05 Å². The van der Waals surface area contributed by atoms with Crippen molar-refractivity contribution in [3.8, 4) is 11.3 Å². The lowest BCUT2D eigenvalue weighted by Gasteiger charge is -2.33. The number of rotatable bonds is 2. The van der Waals surface area contributed by atoms with Gasteiger partial charge in [0.15, 0.2) is 5.69 Å². The molecule has 0 aliphatic carbocycles. The second kappa shape index (κ2) is 6.90. The molecule has 2 heteroatoms. The molecule has 1 aromatic heterocycles. The maximum absolute atomic E-state index is 8.81. The van der Waals surface area contributed by atoms with Gasteiger partial charge in [-0.25, -0.2) is 0 Å². The van der Waals surface area contributed by atoms with Gasteiger partial charge < -0.3 is 0 Å². The van der Waals surface area contributed by atoms with Crippen LogP contribution < -0.4 is 4.57 Å². The van der Waals surface area contributed by atoms with E-state index in [1.807, 2.05) is 27.0 Å². The number of hydrogen-bond donors (Lipinski definition) is 0. The zero-order valence-corrected chi connectivity index (χ0v) is 18.2. The summed E-state index contributed by atoms with van der Waals surface area (Å²) >= 11 is 0. The topological polar surface area (TPSA) is 3.88 Å². The third kappa shape index (κ3) is 3.48. The molecule has 1 aliphatic heterocycles. The maximum atomic E-state index is 8.81. The number of nitrogens with zero attached hydrogens (tertiary/aromatic N) is 1. The van der Waals surface area contributed by atoms with Gasteiger partial charge in [0.25, 0.3) is 0 Å². The van der Waals surface area contributed by atoms with E-state index >= 15 is 0 Å². The van der Waals surface area contributed by atoms with Crippen molar-refractivity contribution in [3.63, 3.8) is 0 Å². The maximum Gasteiger partial charge on any atom is 0.220 e. The molecule has 0 N–H and O–H groups in total. The molecular weight excluding hydrogens is 342 g/mol. The van der Waals surface area contributed by atoms with E-state index in [9.17, 15) is 0 Å². The van der Waals surface area contributed by atoms with E-state index in [2.05, 4.69) is 35.9 Å². The number of aromatic nitrogens is 1. The highest BCUT2D eigenvalue weighted by Gasteiger charge is 2.29. The summed E-state index contributed by atoms with van der Waals surface area (Å²) in [6, 6.07) is 14.2. The number of fused-ring (bicyclic) bond motifs is 1. The van der Waals surface area contributed by atoms with Crippen LogP contribution >= 0.6 is 0 Å². The first-order valence-corrected chi connectivity index (χ1v) is 13.5. The zero-order valence-electron chi connectivity index (χ0n) is 20.2. The van der Waals surface area contributed by atoms with Crippen molar-refractivity contribution < 1.29 is 8.68 Å². The summed E-state index contributed by atoms with van der Waals surface area (Å²) < 4.78 is 27.3. The molecule has 1 saturated heterocycles. The highest BCUT2D eigenvalue weighted by atomic mass is 28.3. The molecule has 140 valence electrons. The van der Waals surface area contributed by atoms with Gasteiger partial charge in [-0.1, -0.05) is 55.5 Å². The van der Waals surface area contributed by atoms with E-state index in [0.717, 1.165) is 33.3 Å². The highest BCUT2D eigenvalue weighted by molar-refractivity contribution is 6.77. The Bertz CT molecular complexity index is 1140. The first-order valence-electron chi connectivity index (χ1n) is 11.6. The second-order valence-electron chi connectivity index (χ2n) is 9.00. The Kier molecular flexibility index (Phi) is 3.85. The number of pyridine rings is 1. The van der Waals surface area contributed by atoms with Gasteiger partial charge >= 0.3 is 0 Å². The standard InChI is InChI=1S/C25H32NSi/c1-18-8-6-7-9-23(18)25-24-11-10-21(17-22(24)16-19(2)26(25)3)20-12-14-27(4,5)15-13-20/h6-11,16-17,20H,12-15H2,1-5H3/q+1/i7D,8D,16D. The first kappa shape index (κ1) is 15.0. The van der Waals surface area contributed by atoms with Crippen molar-refractivity contribution in [3.05, 3.63) is 65.3 Å². The van der Waals surface area contributed by atoms with Gasteiger partial charge in [-0.05, 0) is 54.3 Å². The average Bonchev–Trinajstić information content (AvgIpc) is 2.70. The van der Waals surface area contributed by atoms with E-state index in [-0.39, 0.29) is 0 Å². The van der Waals surface area contributed by atoms with Crippen LogP contribution in [0.15, 0.2) is 48.5 Å². The Morgan fingerprint density at radius 2 is 1.85 bits per heavy atom. The predicted molar refractivity (Wildman–Crippen MR) is 119 cm³/mol. The van der Waals surface area contributed by atoms with Crippen molar-refractivity contribution in [1.82, 2.24) is 0 Å². The van der Waals surface area contributed by atoms with Crippen LogP contribution in [0, 0.1) is 13.8 Å². The number of benzene rings is 2. The fourth-order valence-electron chi connectivity index (χ4n) is 4.52. The molecule has 1 aliphatic rings. The molecule has 0 saturated carbocycles. The van der Waals surface area contributed by atoms with E-state index in [0.29, 0.717) is 24.0 Å². The van der Waals surface area contributed by atoms with Crippen LogP contribution in [0.4, 0.5) is 0 Å². The summed E-state index contributed by atoms with van der Waals surface area (Å²) in [6.07, 6.45) is 2.54. The zero-order chi connectivity index (χ0) is 21.8. The van der Waals surface area contributed by atoms with Crippen molar-refractivity contribution in [2.75, 3.05) is 0 Å². The van der Waals surface area contributed by atoms with E-state index in [4.69, 9.17) is 4.11 Å². The lowest BCUT2D eigenvalue weighted by Crippen LogP contribution is -2.35. The van der Waals surface area contributed by atoms with Crippen LogP contribution in [0.5, 0.6) is 0 Å². The van der Waals surface area contributed by atoms with Crippen LogP contribution in [0.1, 0.15) is 39.7 Å². The van der Waals surface area contributed by atoms with Crippen LogP contribution in [0.2, 0.25) is 25.2 Å². The SMILES string of the molecule is [2H]c1cc([2H])c(C)c(-c2c3ccc(C4CC[Si](C)(C)CC4)cc3c([2H])c(C)[n+]2C)c1. The monoisotopic (exact) mass is 377 g/mol. The van der Waals surface area contributed by atoms with E-state index in [1.54, 1.807) is 6.07 Å². The Morgan fingerprint density at radius 3 is 2.59 bits per heavy atom. The molecular formula is C25H32NSi+. The Hall–Kier alpha value is -1.93. The molecule has 0 amide bonds. The minimum atomic E-state index is -0.992. The fraction of sp³-hybridized carbons (Fsp3) is 0.400. The normalized spacial score (nSPS) is 18.9. The molecule has 2 aromatic carbocycles. The molecule has 2 heterocycles. The third-order valence-electron chi connectivity index (χ3n) is 6.52. The fourth-order valence-corrected chi connectivity index (χ4v) is 7.03. The molecule has 1 nitrogen and oxygen atoms in total. The minimum absolute atomic E-state index is 0.354. The van der Waals surface area contributed by atoms with Crippen LogP contribution in [-0.4, -0.2) is 8.07 Å².